The fourth-order valence-corrected chi connectivity index (χ4v) is 8.16. The standard InChI is InChI=1S/C32H52N2O4S/c1-12-28(4,5)15-17-30(8,34-39(11,37)38)18-16-29(6,7)32(10)14-13-25-23(3)27(36)24(21-33)20-31(25,9)26(32)19-22(2)35/h19-20,23,25,34H,12-18H2,1-11H3/b26-19-/t23-,25-,30-,31-,32+/m0/s1. The molecule has 6 nitrogen and oxygen atoms in total. The summed E-state index contributed by atoms with van der Waals surface area (Å²) in [5.41, 5.74) is -0.592. The molecule has 0 amide bonds. The van der Waals surface area contributed by atoms with Crippen LogP contribution in [0.1, 0.15) is 114 Å². The molecule has 0 aliphatic heterocycles. The topological polar surface area (TPSA) is 104 Å². The summed E-state index contributed by atoms with van der Waals surface area (Å²) in [7, 11) is -3.41. The number of ketones is 2. The van der Waals surface area contributed by atoms with Gasteiger partial charge in [0.25, 0.3) is 0 Å². The molecule has 2 aliphatic rings. The normalized spacial score (nSPS) is 30.8. The minimum absolute atomic E-state index is 0.0185. The van der Waals surface area contributed by atoms with Gasteiger partial charge in [-0.15, -0.1) is 0 Å². The number of hydrogen-bond donors (Lipinski definition) is 1. The molecular formula is C32H52N2O4S. The predicted molar refractivity (Wildman–Crippen MR) is 158 cm³/mol. The van der Waals surface area contributed by atoms with Crippen molar-refractivity contribution in [2.24, 2.45) is 33.5 Å². The average molecular weight is 561 g/mol. The third-order valence-electron chi connectivity index (χ3n) is 10.6. The van der Waals surface area contributed by atoms with Crippen LogP contribution in [0.4, 0.5) is 0 Å². The molecule has 39 heavy (non-hydrogen) atoms. The van der Waals surface area contributed by atoms with E-state index in [1.54, 1.807) is 13.0 Å². The summed E-state index contributed by atoms with van der Waals surface area (Å²) in [5.74, 6) is -0.426. The number of nitrogens with one attached hydrogen (secondary N) is 1. The first kappa shape index (κ1) is 33.4. The Hall–Kier alpha value is -1.78. The van der Waals surface area contributed by atoms with E-state index in [9.17, 15) is 23.3 Å². The van der Waals surface area contributed by atoms with Gasteiger partial charge in [0.2, 0.25) is 10.0 Å². The largest absolute Gasteiger partial charge is 0.295 e. The van der Waals surface area contributed by atoms with Gasteiger partial charge in [-0.2, -0.15) is 5.26 Å². The van der Waals surface area contributed by atoms with Gasteiger partial charge in [-0.25, -0.2) is 13.1 Å². The second-order valence-corrected chi connectivity index (χ2v) is 16.3. The Bertz CT molecular complexity index is 1190. The molecule has 1 N–H and O–H groups in total. The Morgan fingerprint density at radius 2 is 1.72 bits per heavy atom. The molecular weight excluding hydrogens is 508 g/mol. The number of allylic oxidation sites excluding steroid dienone is 4. The molecule has 0 bridgehead atoms. The molecule has 2 rings (SSSR count). The monoisotopic (exact) mass is 560 g/mol. The van der Waals surface area contributed by atoms with Crippen LogP contribution in [0.15, 0.2) is 23.3 Å². The summed E-state index contributed by atoms with van der Waals surface area (Å²) in [5, 5.41) is 9.75. The zero-order valence-electron chi connectivity index (χ0n) is 26.2. The lowest BCUT2D eigenvalue weighted by atomic mass is 9.44. The van der Waals surface area contributed by atoms with E-state index in [2.05, 4.69) is 59.3 Å². The van der Waals surface area contributed by atoms with E-state index >= 15 is 0 Å². The number of rotatable bonds is 11. The van der Waals surface area contributed by atoms with Crippen LogP contribution in [0.25, 0.3) is 0 Å². The molecule has 1 saturated carbocycles. The Kier molecular flexibility index (Phi) is 9.63. The number of sulfonamides is 1. The highest BCUT2D eigenvalue weighted by atomic mass is 32.2. The second kappa shape index (κ2) is 11.2. The predicted octanol–water partition coefficient (Wildman–Crippen LogP) is 6.92. The molecule has 0 aromatic carbocycles. The molecule has 0 heterocycles. The number of carbonyl (C=O) groups excluding carboxylic acids is 2. The van der Waals surface area contributed by atoms with E-state index in [4.69, 9.17) is 0 Å². The van der Waals surface area contributed by atoms with Crippen LogP contribution in [0.2, 0.25) is 0 Å². The van der Waals surface area contributed by atoms with Crippen LogP contribution in [0.3, 0.4) is 0 Å². The summed E-state index contributed by atoms with van der Waals surface area (Å²) >= 11 is 0. The molecule has 0 aromatic heterocycles. The summed E-state index contributed by atoms with van der Waals surface area (Å²) < 4.78 is 27.8. The molecule has 0 unspecified atom stereocenters. The van der Waals surface area contributed by atoms with Crippen molar-refractivity contribution in [3.05, 3.63) is 23.3 Å². The highest BCUT2D eigenvalue weighted by Crippen LogP contribution is 2.65. The highest BCUT2D eigenvalue weighted by Gasteiger charge is 2.58. The SMILES string of the molecule is CCC(C)(C)CC[C@@](C)(CCC(C)(C)[C@]1(C)CC[C@H]2[C@H](C)C(=O)C(C#N)=C[C@]2(C)/C1=C/C(C)=O)NS(C)(=O)=O. The lowest BCUT2D eigenvalue weighted by Gasteiger charge is -2.59. The van der Waals surface area contributed by atoms with E-state index in [1.807, 2.05) is 19.9 Å². The molecule has 0 spiro atoms. The lowest BCUT2D eigenvalue weighted by molar-refractivity contribution is -0.123. The van der Waals surface area contributed by atoms with Gasteiger partial charge in [0, 0.05) is 16.9 Å². The fraction of sp³-hybridized carbons (Fsp3) is 0.781. The number of nitriles is 1. The zero-order valence-corrected chi connectivity index (χ0v) is 27.1. The maximum atomic E-state index is 12.9. The number of carbonyl (C=O) groups is 2. The van der Waals surface area contributed by atoms with Crippen LogP contribution >= 0.6 is 0 Å². The van der Waals surface area contributed by atoms with Gasteiger partial charge < -0.3 is 0 Å². The number of fused-ring (bicyclic) bond motifs is 1. The highest BCUT2D eigenvalue weighted by molar-refractivity contribution is 7.88. The van der Waals surface area contributed by atoms with E-state index in [0.29, 0.717) is 6.42 Å². The van der Waals surface area contributed by atoms with Crippen molar-refractivity contribution in [3.8, 4) is 6.07 Å². The van der Waals surface area contributed by atoms with Gasteiger partial charge >= 0.3 is 0 Å². The van der Waals surface area contributed by atoms with Crippen molar-refractivity contribution in [1.29, 1.82) is 5.26 Å². The van der Waals surface area contributed by atoms with Crippen molar-refractivity contribution >= 4 is 21.6 Å². The first-order chi connectivity index (χ1) is 17.6. The summed E-state index contributed by atoms with van der Waals surface area (Å²) in [6, 6.07) is 2.11. The number of nitrogens with zero attached hydrogens (tertiary/aromatic N) is 1. The van der Waals surface area contributed by atoms with Gasteiger partial charge in [0.15, 0.2) is 11.6 Å². The van der Waals surface area contributed by atoms with Gasteiger partial charge in [-0.05, 0) is 80.6 Å². The van der Waals surface area contributed by atoms with Crippen molar-refractivity contribution in [3.63, 3.8) is 0 Å². The minimum atomic E-state index is -3.41. The van der Waals surface area contributed by atoms with Crippen LogP contribution < -0.4 is 4.72 Å². The van der Waals surface area contributed by atoms with E-state index < -0.39 is 26.4 Å². The maximum Gasteiger partial charge on any atom is 0.209 e. The molecule has 2 aliphatic carbocycles. The molecule has 220 valence electrons. The van der Waals surface area contributed by atoms with Gasteiger partial charge in [-0.3, -0.25) is 9.59 Å². The molecule has 1 fully saturated rings. The summed E-state index contributed by atoms with van der Waals surface area (Å²) in [4.78, 5) is 25.5. The van der Waals surface area contributed by atoms with Gasteiger partial charge in [0.05, 0.1) is 11.8 Å². The Morgan fingerprint density at radius 3 is 2.21 bits per heavy atom. The van der Waals surface area contributed by atoms with Crippen molar-refractivity contribution in [2.45, 2.75) is 120 Å². The third kappa shape index (κ3) is 7.11. The average Bonchev–Trinajstić information content (AvgIpc) is 2.80. The van der Waals surface area contributed by atoms with E-state index in [1.165, 1.54) is 6.26 Å². The molecule has 5 atom stereocenters. The van der Waals surface area contributed by atoms with E-state index in [-0.39, 0.29) is 39.8 Å². The first-order valence-corrected chi connectivity index (χ1v) is 16.3. The molecule has 0 saturated heterocycles. The molecule has 7 heteroatoms. The zero-order chi connectivity index (χ0) is 30.2. The summed E-state index contributed by atoms with van der Waals surface area (Å²) in [6.45, 7) is 20.8. The van der Waals surface area contributed by atoms with Crippen LogP contribution in [0.5, 0.6) is 0 Å². The number of hydrogen-bond acceptors (Lipinski definition) is 5. The Balaban J connectivity index is 2.54. The number of Topliss-reactive ketones (excluding diaryl/α,β-unsaturated/α-hetero) is 1. The maximum absolute atomic E-state index is 12.9. The minimum Gasteiger partial charge on any atom is -0.295 e. The molecule has 0 aromatic rings. The molecule has 0 radical (unpaired) electrons. The van der Waals surface area contributed by atoms with Crippen LogP contribution in [0, 0.1) is 44.8 Å². The van der Waals surface area contributed by atoms with Crippen molar-refractivity contribution < 1.29 is 18.0 Å². The smallest absolute Gasteiger partial charge is 0.209 e. The Morgan fingerprint density at radius 1 is 1.15 bits per heavy atom. The second-order valence-electron chi connectivity index (χ2n) is 14.6. The summed E-state index contributed by atoms with van der Waals surface area (Å²) in [6.07, 6.45) is 10.5. The quantitative estimate of drug-likeness (QED) is 0.276. The van der Waals surface area contributed by atoms with Gasteiger partial charge in [0.1, 0.15) is 6.07 Å². The van der Waals surface area contributed by atoms with Crippen molar-refractivity contribution in [2.75, 3.05) is 6.26 Å². The lowest BCUT2D eigenvalue weighted by Crippen LogP contribution is -2.53. The van der Waals surface area contributed by atoms with Crippen LogP contribution in [-0.4, -0.2) is 31.8 Å². The fourth-order valence-electron chi connectivity index (χ4n) is 7.06. The van der Waals surface area contributed by atoms with E-state index in [0.717, 1.165) is 44.1 Å². The first-order valence-electron chi connectivity index (χ1n) is 14.5. The third-order valence-corrected chi connectivity index (χ3v) is 11.5. The Labute approximate surface area is 238 Å². The van der Waals surface area contributed by atoms with Crippen molar-refractivity contribution in [1.82, 2.24) is 4.72 Å². The van der Waals surface area contributed by atoms with Crippen LogP contribution in [-0.2, 0) is 19.6 Å². The van der Waals surface area contributed by atoms with Gasteiger partial charge in [-0.1, -0.05) is 73.5 Å².